The van der Waals surface area contributed by atoms with Gasteiger partial charge >= 0.3 is 6.03 Å². The molecule has 0 spiro atoms. The molecule has 2 aromatic carbocycles. The molecule has 1 atom stereocenters. The van der Waals surface area contributed by atoms with Crippen molar-refractivity contribution in [2.45, 2.75) is 11.7 Å². The van der Waals surface area contributed by atoms with Gasteiger partial charge in [-0.3, -0.25) is 0 Å². The van der Waals surface area contributed by atoms with Crippen molar-refractivity contribution in [2.75, 3.05) is 31.3 Å². The van der Waals surface area contributed by atoms with E-state index in [4.69, 9.17) is 16.3 Å². The summed E-state index contributed by atoms with van der Waals surface area (Å²) in [5.41, 5.74) is 0.832. The minimum absolute atomic E-state index is 0.195. The van der Waals surface area contributed by atoms with Gasteiger partial charge in [-0.1, -0.05) is 11.6 Å². The van der Waals surface area contributed by atoms with Gasteiger partial charge in [0.15, 0.2) is 0 Å². The number of methoxy groups -OCH3 is 1. The lowest BCUT2D eigenvalue weighted by Crippen LogP contribution is -2.36. The molecule has 0 saturated carbocycles. The summed E-state index contributed by atoms with van der Waals surface area (Å²) in [5, 5.41) is 3.10. The van der Waals surface area contributed by atoms with Crippen LogP contribution in [0.2, 0.25) is 5.02 Å². The van der Waals surface area contributed by atoms with Crippen molar-refractivity contribution in [1.29, 1.82) is 0 Å². The van der Waals surface area contributed by atoms with Crippen molar-refractivity contribution >= 4 is 35.1 Å². The maximum Gasteiger partial charge on any atom is 0.321 e. The second-order valence-corrected chi connectivity index (χ2v) is 7.82. The van der Waals surface area contributed by atoms with Gasteiger partial charge in [-0.05, 0) is 42.8 Å². The number of benzene rings is 2. The lowest BCUT2D eigenvalue weighted by molar-refractivity contribution is 0.215. The fourth-order valence-electron chi connectivity index (χ4n) is 2.96. The minimum atomic E-state index is -0.459. The summed E-state index contributed by atoms with van der Waals surface area (Å²) in [6.07, 6.45) is 0.533. The van der Waals surface area contributed by atoms with Crippen LogP contribution in [0.4, 0.5) is 19.3 Å². The molecule has 0 bridgehead atoms. The molecule has 1 saturated heterocycles. The predicted molar refractivity (Wildman–Crippen MR) is 105 cm³/mol. The molecular weight excluding hydrogens is 394 g/mol. The number of urea groups is 1. The molecule has 0 aliphatic carbocycles. The quantitative estimate of drug-likeness (QED) is 0.739. The van der Waals surface area contributed by atoms with E-state index < -0.39 is 11.6 Å². The van der Waals surface area contributed by atoms with Gasteiger partial charge in [0.25, 0.3) is 0 Å². The Balaban J connectivity index is 1.68. The number of hydrogen-bond acceptors (Lipinski definition) is 3. The van der Waals surface area contributed by atoms with Crippen molar-refractivity contribution in [3.8, 4) is 5.75 Å². The van der Waals surface area contributed by atoms with Crippen molar-refractivity contribution in [1.82, 2.24) is 4.90 Å². The first-order valence-electron chi connectivity index (χ1n) is 8.44. The number of ether oxygens (including phenoxy) is 1. The van der Waals surface area contributed by atoms with E-state index in [0.717, 1.165) is 12.1 Å². The fraction of sp³-hybridized carbons (Fsp3) is 0.316. The first kappa shape index (κ1) is 19.8. The van der Waals surface area contributed by atoms with Crippen molar-refractivity contribution < 1.29 is 18.3 Å². The van der Waals surface area contributed by atoms with Gasteiger partial charge in [-0.25, -0.2) is 13.6 Å². The van der Waals surface area contributed by atoms with Crippen LogP contribution in [0.25, 0.3) is 0 Å². The number of hydrogen-bond donors (Lipinski definition) is 1. The fourth-order valence-corrected chi connectivity index (χ4v) is 4.37. The van der Waals surface area contributed by atoms with Crippen molar-refractivity contribution in [3.05, 3.63) is 58.6 Å². The number of amides is 2. The molecule has 1 fully saturated rings. The summed E-state index contributed by atoms with van der Waals surface area (Å²) < 4.78 is 32.8. The topological polar surface area (TPSA) is 41.6 Å². The zero-order chi connectivity index (χ0) is 19.4. The normalized spacial score (nSPS) is 17.3. The summed E-state index contributed by atoms with van der Waals surface area (Å²) in [6.45, 7) is 0.940. The highest BCUT2D eigenvalue weighted by Gasteiger charge is 2.24. The average Bonchev–Trinajstić information content (AvgIpc) is 2.90. The number of thioether (sulfide) groups is 1. The maximum atomic E-state index is 14.1. The lowest BCUT2D eigenvalue weighted by atomic mass is 10.1. The van der Waals surface area contributed by atoms with Gasteiger partial charge in [-0.2, -0.15) is 11.8 Å². The number of carbonyl (C=O) groups is 1. The summed E-state index contributed by atoms with van der Waals surface area (Å²) in [5.74, 6) is 0.256. The van der Waals surface area contributed by atoms with Crippen LogP contribution < -0.4 is 10.1 Å². The van der Waals surface area contributed by atoms with Crippen molar-refractivity contribution in [2.24, 2.45) is 0 Å². The Kier molecular flexibility index (Phi) is 6.44. The van der Waals surface area contributed by atoms with Gasteiger partial charge in [0.1, 0.15) is 17.4 Å². The number of carbonyl (C=O) groups excluding carboxylic acids is 1. The largest absolute Gasteiger partial charge is 0.495 e. The summed E-state index contributed by atoms with van der Waals surface area (Å²) in [4.78, 5) is 14.3. The predicted octanol–water partition coefficient (Wildman–Crippen LogP) is 5.34. The monoisotopic (exact) mass is 412 g/mol. The van der Waals surface area contributed by atoms with Gasteiger partial charge < -0.3 is 15.0 Å². The van der Waals surface area contributed by atoms with E-state index in [-0.39, 0.29) is 11.3 Å². The maximum absolute atomic E-state index is 14.1. The minimum Gasteiger partial charge on any atom is -0.495 e. The number of rotatable bonds is 3. The Labute approximate surface area is 165 Å². The molecule has 1 unspecified atom stereocenters. The Bertz CT molecular complexity index is 837. The first-order chi connectivity index (χ1) is 13.0. The van der Waals surface area contributed by atoms with Gasteiger partial charge in [-0.15, -0.1) is 0 Å². The molecule has 0 aromatic heterocycles. The Morgan fingerprint density at radius 2 is 2.07 bits per heavy atom. The van der Waals surface area contributed by atoms with E-state index >= 15 is 0 Å². The molecule has 0 radical (unpaired) electrons. The van der Waals surface area contributed by atoms with E-state index in [1.807, 2.05) is 0 Å². The number of nitrogens with one attached hydrogen (secondary N) is 1. The van der Waals surface area contributed by atoms with Crippen LogP contribution in [-0.2, 0) is 0 Å². The van der Waals surface area contributed by atoms with Crippen LogP contribution in [0.15, 0.2) is 36.4 Å². The Morgan fingerprint density at radius 3 is 2.85 bits per heavy atom. The van der Waals surface area contributed by atoms with Gasteiger partial charge in [0, 0.05) is 34.7 Å². The average molecular weight is 413 g/mol. The summed E-state index contributed by atoms with van der Waals surface area (Å²) in [6, 6.07) is 8.19. The zero-order valence-corrected chi connectivity index (χ0v) is 16.2. The molecule has 1 aliphatic heterocycles. The molecule has 27 heavy (non-hydrogen) atoms. The van der Waals surface area contributed by atoms with E-state index in [1.165, 1.54) is 24.9 Å². The number of anilines is 1. The summed E-state index contributed by atoms with van der Waals surface area (Å²) in [7, 11) is 1.51. The van der Waals surface area contributed by atoms with E-state index in [1.54, 1.807) is 23.1 Å². The molecular formula is C19H19ClF2N2O2S. The molecule has 1 N–H and O–H groups in total. The molecule has 144 valence electrons. The van der Waals surface area contributed by atoms with E-state index in [9.17, 15) is 13.6 Å². The summed E-state index contributed by atoms with van der Waals surface area (Å²) >= 11 is 7.52. The molecule has 4 nitrogen and oxygen atoms in total. The zero-order valence-electron chi connectivity index (χ0n) is 14.7. The molecule has 8 heteroatoms. The molecule has 1 heterocycles. The van der Waals surface area contributed by atoms with E-state index in [2.05, 4.69) is 5.32 Å². The molecule has 3 rings (SSSR count). The third-order valence-corrected chi connectivity index (χ3v) is 5.88. The third-order valence-electron chi connectivity index (χ3n) is 4.34. The standard InChI is InChI=1S/C19H19ClF2N2O2S/c1-26-17-5-2-12(20)10-16(17)23-19(25)24-7-6-18(27-9-8-24)14-11-13(21)3-4-15(14)22/h2-5,10-11,18H,6-9H2,1H3,(H,23,25). The van der Waals surface area contributed by atoms with Crippen molar-refractivity contribution in [3.63, 3.8) is 0 Å². The molecule has 2 aromatic rings. The second kappa shape index (κ2) is 8.80. The van der Waals surface area contributed by atoms with Crippen LogP contribution in [0.1, 0.15) is 17.2 Å². The highest BCUT2D eigenvalue weighted by molar-refractivity contribution is 7.99. The van der Waals surface area contributed by atoms with Gasteiger partial charge in [0.05, 0.1) is 12.8 Å². The Morgan fingerprint density at radius 1 is 1.26 bits per heavy atom. The smallest absolute Gasteiger partial charge is 0.321 e. The highest BCUT2D eigenvalue weighted by atomic mass is 35.5. The number of nitrogens with zero attached hydrogens (tertiary/aromatic N) is 1. The SMILES string of the molecule is COc1ccc(Cl)cc1NC(=O)N1CCSC(c2cc(F)ccc2F)CC1. The van der Waals surface area contributed by atoms with Crippen LogP contribution in [0, 0.1) is 11.6 Å². The van der Waals surface area contributed by atoms with Crippen LogP contribution in [0.5, 0.6) is 5.75 Å². The van der Waals surface area contributed by atoms with E-state index in [0.29, 0.717) is 47.3 Å². The van der Waals surface area contributed by atoms with Crippen LogP contribution >= 0.6 is 23.4 Å². The molecule has 2 amide bonds. The molecule has 1 aliphatic rings. The van der Waals surface area contributed by atoms with Crippen LogP contribution in [0.3, 0.4) is 0 Å². The number of halogens is 3. The first-order valence-corrected chi connectivity index (χ1v) is 9.86. The van der Waals surface area contributed by atoms with Gasteiger partial charge in [0.2, 0.25) is 0 Å². The second-order valence-electron chi connectivity index (χ2n) is 6.08. The highest BCUT2D eigenvalue weighted by Crippen LogP contribution is 2.36. The third kappa shape index (κ3) is 4.84. The van der Waals surface area contributed by atoms with Crippen LogP contribution in [-0.4, -0.2) is 36.9 Å². The lowest BCUT2D eigenvalue weighted by Gasteiger charge is -2.21. The Hall–Kier alpha value is -1.99.